The van der Waals surface area contributed by atoms with Crippen molar-refractivity contribution in [2.45, 2.75) is 25.4 Å². The van der Waals surface area contributed by atoms with Gasteiger partial charge in [-0.1, -0.05) is 61.5 Å². The van der Waals surface area contributed by atoms with Gasteiger partial charge in [-0.3, -0.25) is 0 Å². The minimum atomic E-state index is 0.192. The fourth-order valence-electron chi connectivity index (χ4n) is 2.77. The molecule has 0 spiro atoms. The van der Waals surface area contributed by atoms with Gasteiger partial charge in [-0.05, 0) is 23.1 Å². The lowest BCUT2D eigenvalue weighted by Crippen LogP contribution is -2.20. The normalized spacial score (nSPS) is 20.2. The molecular weight excluding hydrogens is 220 g/mol. The molecule has 92 valence electrons. The molecule has 2 aromatic rings. The minimum absolute atomic E-state index is 0.192. The van der Waals surface area contributed by atoms with Crippen molar-refractivity contribution in [3.8, 4) is 0 Å². The molecule has 2 unspecified atom stereocenters. The highest BCUT2D eigenvalue weighted by Crippen LogP contribution is 2.37. The van der Waals surface area contributed by atoms with Gasteiger partial charge in [0, 0.05) is 5.92 Å². The van der Waals surface area contributed by atoms with Gasteiger partial charge in [0.2, 0.25) is 0 Å². The predicted molar refractivity (Wildman–Crippen MR) is 73.7 cm³/mol. The average molecular weight is 238 g/mol. The molecule has 1 aliphatic heterocycles. The monoisotopic (exact) mass is 238 g/mol. The van der Waals surface area contributed by atoms with E-state index in [0.717, 1.165) is 13.0 Å². The molecule has 1 heterocycles. The van der Waals surface area contributed by atoms with Crippen molar-refractivity contribution in [3.05, 3.63) is 71.3 Å². The van der Waals surface area contributed by atoms with Gasteiger partial charge < -0.3 is 4.74 Å². The molecule has 1 heteroatoms. The highest BCUT2D eigenvalue weighted by atomic mass is 16.5. The van der Waals surface area contributed by atoms with Crippen LogP contribution in [0.5, 0.6) is 0 Å². The smallest absolute Gasteiger partial charge is 0.0893 e. The third-order valence-electron chi connectivity index (χ3n) is 3.81. The van der Waals surface area contributed by atoms with Gasteiger partial charge in [-0.25, -0.2) is 0 Å². The molecule has 18 heavy (non-hydrogen) atoms. The van der Waals surface area contributed by atoms with E-state index in [2.05, 4.69) is 61.5 Å². The maximum Gasteiger partial charge on any atom is 0.0893 e. The van der Waals surface area contributed by atoms with E-state index in [-0.39, 0.29) is 6.10 Å². The zero-order chi connectivity index (χ0) is 12.4. The first-order valence-corrected chi connectivity index (χ1v) is 6.60. The number of hydrogen-bond donors (Lipinski definition) is 0. The maximum atomic E-state index is 6.02. The highest BCUT2D eigenvalue weighted by Gasteiger charge is 2.26. The Morgan fingerprint density at radius 2 is 1.72 bits per heavy atom. The zero-order valence-electron chi connectivity index (χ0n) is 10.7. The van der Waals surface area contributed by atoms with Crippen molar-refractivity contribution in [1.29, 1.82) is 0 Å². The number of rotatable bonds is 2. The fraction of sp³-hybridized carbons (Fsp3) is 0.294. The van der Waals surface area contributed by atoms with E-state index < -0.39 is 0 Å². The van der Waals surface area contributed by atoms with Crippen molar-refractivity contribution >= 4 is 0 Å². The predicted octanol–water partition coefficient (Wildman–Crippen LogP) is 4.10. The van der Waals surface area contributed by atoms with Gasteiger partial charge in [0.1, 0.15) is 0 Å². The molecular formula is C17H18O. The second-order valence-electron chi connectivity index (χ2n) is 4.94. The average Bonchev–Trinajstić information content (AvgIpc) is 2.47. The number of benzene rings is 2. The summed E-state index contributed by atoms with van der Waals surface area (Å²) >= 11 is 0. The molecule has 0 radical (unpaired) electrons. The molecule has 2 aromatic carbocycles. The number of fused-ring (bicyclic) bond motifs is 1. The number of ether oxygens (including phenoxy) is 1. The van der Waals surface area contributed by atoms with E-state index >= 15 is 0 Å². The molecule has 0 amide bonds. The lowest BCUT2D eigenvalue weighted by molar-refractivity contribution is 0.0268. The van der Waals surface area contributed by atoms with Crippen LogP contribution in [0.4, 0.5) is 0 Å². The summed E-state index contributed by atoms with van der Waals surface area (Å²) in [5.74, 6) is 0.396. The molecule has 0 saturated carbocycles. The quantitative estimate of drug-likeness (QED) is 0.765. The zero-order valence-corrected chi connectivity index (χ0v) is 10.7. The van der Waals surface area contributed by atoms with Gasteiger partial charge >= 0.3 is 0 Å². The topological polar surface area (TPSA) is 9.23 Å². The molecule has 0 N–H and O–H groups in total. The van der Waals surface area contributed by atoms with E-state index in [1.54, 1.807) is 0 Å². The van der Waals surface area contributed by atoms with Gasteiger partial charge in [-0.15, -0.1) is 0 Å². The van der Waals surface area contributed by atoms with E-state index in [1.165, 1.54) is 16.7 Å². The summed E-state index contributed by atoms with van der Waals surface area (Å²) < 4.78 is 6.02. The molecule has 0 saturated heterocycles. The van der Waals surface area contributed by atoms with Crippen molar-refractivity contribution in [3.63, 3.8) is 0 Å². The Kier molecular flexibility index (Phi) is 3.16. The maximum absolute atomic E-state index is 6.02. The van der Waals surface area contributed by atoms with Crippen molar-refractivity contribution < 1.29 is 4.74 Å². The second-order valence-corrected chi connectivity index (χ2v) is 4.94. The third kappa shape index (κ3) is 2.06. The Hall–Kier alpha value is -1.60. The van der Waals surface area contributed by atoms with Crippen LogP contribution in [0, 0.1) is 0 Å². The van der Waals surface area contributed by atoms with Crippen LogP contribution in [0.1, 0.15) is 35.6 Å². The molecule has 1 nitrogen and oxygen atoms in total. The molecule has 0 fully saturated rings. The summed E-state index contributed by atoms with van der Waals surface area (Å²) in [5.41, 5.74) is 4.15. The number of hydrogen-bond acceptors (Lipinski definition) is 1. The summed E-state index contributed by atoms with van der Waals surface area (Å²) in [6, 6.07) is 19.3. The largest absolute Gasteiger partial charge is 0.373 e. The van der Waals surface area contributed by atoms with Crippen LogP contribution in [0.15, 0.2) is 54.6 Å². The van der Waals surface area contributed by atoms with Crippen LogP contribution >= 0.6 is 0 Å². The lowest BCUT2D eigenvalue weighted by atomic mass is 9.86. The summed E-state index contributed by atoms with van der Waals surface area (Å²) in [6.45, 7) is 3.08. The first kappa shape index (κ1) is 11.5. The molecule has 0 aliphatic carbocycles. The van der Waals surface area contributed by atoms with Crippen molar-refractivity contribution in [2.24, 2.45) is 0 Å². The van der Waals surface area contributed by atoms with Gasteiger partial charge in [0.15, 0.2) is 0 Å². The molecule has 2 atom stereocenters. The molecule has 3 rings (SSSR count). The van der Waals surface area contributed by atoms with Crippen LogP contribution < -0.4 is 0 Å². The first-order valence-electron chi connectivity index (χ1n) is 6.60. The Labute approximate surface area is 108 Å². The molecule has 0 bridgehead atoms. The SMILES string of the molecule is CC(c1ccccc1)C1OCCc2ccccc21. The highest BCUT2D eigenvalue weighted by molar-refractivity contribution is 5.34. The Morgan fingerprint density at radius 3 is 2.56 bits per heavy atom. The van der Waals surface area contributed by atoms with Gasteiger partial charge in [0.05, 0.1) is 12.7 Å². The Morgan fingerprint density at radius 1 is 1.00 bits per heavy atom. The van der Waals surface area contributed by atoms with Crippen LogP contribution in [0.2, 0.25) is 0 Å². The first-order chi connectivity index (χ1) is 8.86. The fourth-order valence-corrected chi connectivity index (χ4v) is 2.77. The summed E-state index contributed by atoms with van der Waals surface area (Å²) in [4.78, 5) is 0. The lowest BCUT2D eigenvalue weighted by Gasteiger charge is -2.31. The minimum Gasteiger partial charge on any atom is -0.373 e. The van der Waals surface area contributed by atoms with Gasteiger partial charge in [-0.2, -0.15) is 0 Å². The van der Waals surface area contributed by atoms with Crippen molar-refractivity contribution in [2.75, 3.05) is 6.61 Å². The standard InChI is InChI=1S/C17H18O/c1-13(14-7-3-2-4-8-14)17-16-10-6-5-9-15(16)11-12-18-17/h2-10,13,17H,11-12H2,1H3. The van der Waals surface area contributed by atoms with E-state index in [0.29, 0.717) is 5.92 Å². The van der Waals surface area contributed by atoms with Crippen molar-refractivity contribution in [1.82, 2.24) is 0 Å². The molecule has 1 aliphatic rings. The van der Waals surface area contributed by atoms with Crippen LogP contribution in [0.3, 0.4) is 0 Å². The second kappa shape index (κ2) is 4.95. The van der Waals surface area contributed by atoms with E-state index in [4.69, 9.17) is 4.74 Å². The Balaban J connectivity index is 1.94. The van der Waals surface area contributed by atoms with Crippen LogP contribution in [-0.2, 0) is 11.2 Å². The third-order valence-corrected chi connectivity index (χ3v) is 3.81. The summed E-state index contributed by atoms with van der Waals surface area (Å²) in [7, 11) is 0. The summed E-state index contributed by atoms with van der Waals surface area (Å²) in [6.07, 6.45) is 1.23. The Bertz CT molecular complexity index is 518. The van der Waals surface area contributed by atoms with Gasteiger partial charge in [0.25, 0.3) is 0 Å². The summed E-state index contributed by atoms with van der Waals surface area (Å²) in [5, 5.41) is 0. The van der Waals surface area contributed by atoms with Crippen LogP contribution in [-0.4, -0.2) is 6.61 Å². The van der Waals surface area contributed by atoms with E-state index in [1.807, 2.05) is 0 Å². The van der Waals surface area contributed by atoms with E-state index in [9.17, 15) is 0 Å². The molecule has 0 aromatic heterocycles. The van der Waals surface area contributed by atoms with Crippen LogP contribution in [0.25, 0.3) is 0 Å².